The number of hydrogen-bond acceptors (Lipinski definition) is 5. The summed E-state index contributed by atoms with van der Waals surface area (Å²) in [4.78, 5) is 11.0. The first-order chi connectivity index (χ1) is 10.4. The topological polar surface area (TPSA) is 53.1 Å². The van der Waals surface area contributed by atoms with E-state index in [-0.39, 0.29) is 0 Å². The van der Waals surface area contributed by atoms with E-state index < -0.39 is 0 Å². The molecular formula is C17H25N5. The van der Waals surface area contributed by atoms with Gasteiger partial charge in [0.2, 0.25) is 0 Å². The molecule has 2 N–H and O–H groups in total. The molecule has 22 heavy (non-hydrogen) atoms. The van der Waals surface area contributed by atoms with Gasteiger partial charge in [-0.3, -0.25) is 0 Å². The van der Waals surface area contributed by atoms with E-state index in [1.54, 1.807) is 0 Å². The van der Waals surface area contributed by atoms with E-state index in [2.05, 4.69) is 71.6 Å². The summed E-state index contributed by atoms with van der Waals surface area (Å²) in [6.45, 7) is 7.94. The van der Waals surface area contributed by atoms with Crippen LogP contribution in [0, 0.1) is 20.8 Å². The van der Waals surface area contributed by atoms with Crippen molar-refractivity contribution in [2.45, 2.75) is 20.8 Å². The van der Waals surface area contributed by atoms with E-state index in [0.717, 1.165) is 36.2 Å². The predicted molar refractivity (Wildman–Crippen MR) is 93.0 cm³/mol. The SMILES string of the molecule is Cc1nc(NCCN(C)C)cc(Nc2ccc(C)c(C)c2)n1. The average Bonchev–Trinajstić information content (AvgIpc) is 2.42. The summed E-state index contributed by atoms with van der Waals surface area (Å²) in [6.07, 6.45) is 0. The van der Waals surface area contributed by atoms with Crippen molar-refractivity contribution in [3.05, 3.63) is 41.2 Å². The standard InChI is InChI=1S/C17H25N5/c1-12-6-7-15(10-13(12)2)21-17-11-16(19-14(3)20-17)18-8-9-22(4)5/h6-7,10-11H,8-9H2,1-5H3,(H2,18,19,20,21). The van der Waals surface area contributed by atoms with Crippen LogP contribution < -0.4 is 10.6 Å². The van der Waals surface area contributed by atoms with Gasteiger partial charge in [0.15, 0.2) is 0 Å². The van der Waals surface area contributed by atoms with E-state index in [0.29, 0.717) is 0 Å². The van der Waals surface area contributed by atoms with Gasteiger partial charge in [-0.05, 0) is 58.1 Å². The Hall–Kier alpha value is -2.14. The van der Waals surface area contributed by atoms with Crippen LogP contribution in [0.1, 0.15) is 17.0 Å². The van der Waals surface area contributed by atoms with Gasteiger partial charge in [0.25, 0.3) is 0 Å². The summed E-state index contributed by atoms with van der Waals surface area (Å²) in [5.41, 5.74) is 3.59. The minimum Gasteiger partial charge on any atom is -0.369 e. The molecule has 0 saturated heterocycles. The number of aromatic nitrogens is 2. The van der Waals surface area contributed by atoms with Crippen LogP contribution in [0.3, 0.4) is 0 Å². The highest BCUT2D eigenvalue weighted by molar-refractivity contribution is 5.60. The first-order valence-electron chi connectivity index (χ1n) is 7.52. The summed E-state index contributed by atoms with van der Waals surface area (Å²) in [6, 6.07) is 8.25. The van der Waals surface area contributed by atoms with Crippen molar-refractivity contribution in [3.63, 3.8) is 0 Å². The van der Waals surface area contributed by atoms with Crippen molar-refractivity contribution >= 4 is 17.3 Å². The predicted octanol–water partition coefficient (Wildman–Crippen LogP) is 3.12. The first kappa shape index (κ1) is 16.2. The Bertz CT molecular complexity index is 637. The van der Waals surface area contributed by atoms with Crippen LogP contribution in [-0.2, 0) is 0 Å². The van der Waals surface area contributed by atoms with E-state index in [4.69, 9.17) is 0 Å². The Kier molecular flexibility index (Phi) is 5.33. The Labute approximate surface area is 132 Å². The number of rotatable bonds is 6. The lowest BCUT2D eigenvalue weighted by atomic mass is 10.1. The average molecular weight is 299 g/mol. The number of nitrogens with zero attached hydrogens (tertiary/aromatic N) is 3. The van der Waals surface area contributed by atoms with E-state index in [9.17, 15) is 0 Å². The maximum atomic E-state index is 4.45. The molecule has 0 aliphatic heterocycles. The van der Waals surface area contributed by atoms with Gasteiger partial charge in [-0.1, -0.05) is 6.07 Å². The molecule has 0 aliphatic carbocycles. The minimum atomic E-state index is 0.751. The highest BCUT2D eigenvalue weighted by Crippen LogP contribution is 2.20. The molecule has 118 valence electrons. The number of aryl methyl sites for hydroxylation is 3. The van der Waals surface area contributed by atoms with Gasteiger partial charge < -0.3 is 15.5 Å². The quantitative estimate of drug-likeness (QED) is 0.858. The van der Waals surface area contributed by atoms with Gasteiger partial charge in [0, 0.05) is 24.8 Å². The molecule has 1 heterocycles. The largest absolute Gasteiger partial charge is 0.369 e. The van der Waals surface area contributed by atoms with E-state index in [1.807, 2.05) is 13.0 Å². The molecule has 2 aromatic rings. The number of nitrogens with one attached hydrogen (secondary N) is 2. The number of benzene rings is 1. The maximum Gasteiger partial charge on any atom is 0.136 e. The van der Waals surface area contributed by atoms with Gasteiger partial charge in [-0.2, -0.15) is 0 Å². The van der Waals surface area contributed by atoms with Gasteiger partial charge in [0.1, 0.15) is 17.5 Å². The lowest BCUT2D eigenvalue weighted by Gasteiger charge is -2.13. The summed E-state index contributed by atoms with van der Waals surface area (Å²) in [5, 5.41) is 6.68. The van der Waals surface area contributed by atoms with Crippen molar-refractivity contribution in [3.8, 4) is 0 Å². The van der Waals surface area contributed by atoms with Gasteiger partial charge in [-0.25, -0.2) is 9.97 Å². The highest BCUT2D eigenvalue weighted by atomic mass is 15.1. The smallest absolute Gasteiger partial charge is 0.136 e. The fourth-order valence-corrected chi connectivity index (χ4v) is 2.10. The van der Waals surface area contributed by atoms with Crippen LogP contribution >= 0.6 is 0 Å². The molecular weight excluding hydrogens is 274 g/mol. The van der Waals surface area contributed by atoms with E-state index >= 15 is 0 Å². The molecule has 0 saturated carbocycles. The van der Waals surface area contributed by atoms with Crippen LogP contribution in [0.5, 0.6) is 0 Å². The molecule has 0 spiro atoms. The maximum absolute atomic E-state index is 4.45. The van der Waals surface area contributed by atoms with Crippen molar-refractivity contribution in [1.29, 1.82) is 0 Å². The molecule has 2 rings (SSSR count). The third-order valence-electron chi connectivity index (χ3n) is 3.48. The van der Waals surface area contributed by atoms with E-state index in [1.165, 1.54) is 11.1 Å². The third-order valence-corrected chi connectivity index (χ3v) is 3.48. The van der Waals surface area contributed by atoms with Crippen molar-refractivity contribution in [1.82, 2.24) is 14.9 Å². The van der Waals surface area contributed by atoms with Crippen LogP contribution in [0.2, 0.25) is 0 Å². The fourth-order valence-electron chi connectivity index (χ4n) is 2.10. The summed E-state index contributed by atoms with van der Waals surface area (Å²) in [7, 11) is 4.11. The number of likely N-dealkylation sites (N-methyl/N-ethyl adjacent to an activating group) is 1. The van der Waals surface area contributed by atoms with Crippen LogP contribution in [-0.4, -0.2) is 42.1 Å². The molecule has 1 aromatic heterocycles. The summed E-state index contributed by atoms with van der Waals surface area (Å²) < 4.78 is 0. The molecule has 0 unspecified atom stereocenters. The second kappa shape index (κ2) is 7.22. The zero-order valence-electron chi connectivity index (χ0n) is 14.1. The van der Waals surface area contributed by atoms with Crippen molar-refractivity contribution in [2.75, 3.05) is 37.8 Å². The summed E-state index contributed by atoms with van der Waals surface area (Å²) in [5.74, 6) is 2.41. The molecule has 0 aliphatic rings. The Morgan fingerprint density at radius 2 is 1.68 bits per heavy atom. The van der Waals surface area contributed by atoms with Crippen LogP contribution in [0.4, 0.5) is 17.3 Å². The van der Waals surface area contributed by atoms with Crippen molar-refractivity contribution < 1.29 is 0 Å². The number of hydrogen-bond donors (Lipinski definition) is 2. The highest BCUT2D eigenvalue weighted by Gasteiger charge is 2.03. The van der Waals surface area contributed by atoms with Gasteiger partial charge in [-0.15, -0.1) is 0 Å². The molecule has 1 aromatic carbocycles. The van der Waals surface area contributed by atoms with Gasteiger partial charge in [0.05, 0.1) is 0 Å². The molecule has 0 radical (unpaired) electrons. The Balaban J connectivity index is 2.10. The molecule has 0 atom stereocenters. The van der Waals surface area contributed by atoms with Gasteiger partial charge >= 0.3 is 0 Å². The molecule has 5 heteroatoms. The minimum absolute atomic E-state index is 0.751. The van der Waals surface area contributed by atoms with Crippen LogP contribution in [0.15, 0.2) is 24.3 Å². The normalized spacial score (nSPS) is 10.8. The molecule has 0 amide bonds. The third kappa shape index (κ3) is 4.70. The molecule has 5 nitrogen and oxygen atoms in total. The summed E-state index contributed by atoms with van der Waals surface area (Å²) >= 11 is 0. The monoisotopic (exact) mass is 299 g/mol. The second-order valence-electron chi connectivity index (χ2n) is 5.84. The van der Waals surface area contributed by atoms with Crippen molar-refractivity contribution in [2.24, 2.45) is 0 Å². The zero-order chi connectivity index (χ0) is 16.1. The molecule has 0 bridgehead atoms. The lowest BCUT2D eigenvalue weighted by Crippen LogP contribution is -2.21. The zero-order valence-corrected chi connectivity index (χ0v) is 14.1. The Morgan fingerprint density at radius 3 is 2.36 bits per heavy atom. The second-order valence-corrected chi connectivity index (χ2v) is 5.84. The Morgan fingerprint density at radius 1 is 0.955 bits per heavy atom. The molecule has 0 fully saturated rings. The lowest BCUT2D eigenvalue weighted by molar-refractivity contribution is 0.425. The number of anilines is 3. The first-order valence-corrected chi connectivity index (χ1v) is 7.52. The fraction of sp³-hybridized carbons (Fsp3) is 0.412. The van der Waals surface area contributed by atoms with Crippen LogP contribution in [0.25, 0.3) is 0 Å².